The third-order valence-corrected chi connectivity index (χ3v) is 6.18. The van der Waals surface area contributed by atoms with Crippen LogP contribution in [0.4, 0.5) is 0 Å². The van der Waals surface area contributed by atoms with Crippen molar-refractivity contribution in [3.63, 3.8) is 0 Å². The lowest BCUT2D eigenvalue weighted by molar-refractivity contribution is 0.229. The van der Waals surface area contributed by atoms with E-state index in [4.69, 9.17) is 9.15 Å². The summed E-state index contributed by atoms with van der Waals surface area (Å²) in [5, 5.41) is 2.47. The average molecular weight is 386 g/mol. The molecule has 0 bridgehead atoms. The molecule has 0 saturated carbocycles. The van der Waals surface area contributed by atoms with E-state index in [1.165, 1.54) is 27.6 Å². The van der Waals surface area contributed by atoms with Crippen LogP contribution < -0.4 is 4.74 Å². The Morgan fingerprint density at radius 1 is 1.17 bits per heavy atom. The summed E-state index contributed by atoms with van der Waals surface area (Å²) < 4.78 is 11.1. The molecule has 1 aliphatic rings. The van der Waals surface area contributed by atoms with Gasteiger partial charge in [0.2, 0.25) is 0 Å². The maximum absolute atomic E-state index is 5.75. The number of furan rings is 1. The molecule has 1 atom stereocenters. The summed E-state index contributed by atoms with van der Waals surface area (Å²) in [5.41, 5.74) is 6.18. The second kappa shape index (κ2) is 7.45. The van der Waals surface area contributed by atoms with Crippen LogP contribution in [0.5, 0.6) is 5.75 Å². The van der Waals surface area contributed by atoms with Gasteiger partial charge in [0.25, 0.3) is 0 Å². The van der Waals surface area contributed by atoms with Gasteiger partial charge in [0, 0.05) is 47.2 Å². The highest BCUT2D eigenvalue weighted by Crippen LogP contribution is 2.31. The number of benzene rings is 2. The van der Waals surface area contributed by atoms with Crippen LogP contribution in [0.15, 0.2) is 65.4 Å². The first-order chi connectivity index (χ1) is 14.2. The molecule has 0 radical (unpaired) electrons. The van der Waals surface area contributed by atoms with E-state index in [1.54, 1.807) is 7.11 Å². The van der Waals surface area contributed by atoms with E-state index in [1.807, 2.05) is 18.4 Å². The summed E-state index contributed by atoms with van der Waals surface area (Å²) >= 11 is 0. The summed E-state index contributed by atoms with van der Waals surface area (Å²) in [5.74, 6) is 0.872. The van der Waals surface area contributed by atoms with Gasteiger partial charge < -0.3 is 14.1 Å². The molecule has 2 aromatic heterocycles. The van der Waals surface area contributed by atoms with E-state index >= 15 is 0 Å². The van der Waals surface area contributed by atoms with Gasteiger partial charge in [0.05, 0.1) is 13.4 Å². The number of hydrogen-bond donors (Lipinski definition) is 1. The molecular weight excluding hydrogens is 360 g/mol. The molecule has 1 unspecified atom stereocenters. The Balaban J connectivity index is 1.32. The second-order valence-electron chi connectivity index (χ2n) is 7.90. The molecule has 4 heteroatoms. The van der Waals surface area contributed by atoms with Crippen LogP contribution in [0, 0.1) is 0 Å². The lowest BCUT2D eigenvalue weighted by Gasteiger charge is -2.31. The highest BCUT2D eigenvalue weighted by atomic mass is 16.5. The molecule has 0 saturated heterocycles. The Bertz CT molecular complexity index is 1180. The third-order valence-electron chi connectivity index (χ3n) is 6.18. The summed E-state index contributed by atoms with van der Waals surface area (Å²) in [6, 6.07) is 15.0. The molecule has 4 aromatic rings. The van der Waals surface area contributed by atoms with Crippen molar-refractivity contribution in [3.05, 3.63) is 72.1 Å². The maximum Gasteiger partial charge on any atom is 0.134 e. The van der Waals surface area contributed by atoms with Crippen molar-refractivity contribution >= 4 is 27.4 Å². The van der Waals surface area contributed by atoms with Gasteiger partial charge in [-0.2, -0.15) is 0 Å². The predicted octanol–water partition coefficient (Wildman–Crippen LogP) is 5.64. The third kappa shape index (κ3) is 3.34. The molecule has 5 rings (SSSR count). The number of para-hydroxylation sites is 1. The molecule has 0 aliphatic carbocycles. The fraction of sp³-hybridized carbons (Fsp3) is 0.280. The smallest absolute Gasteiger partial charge is 0.134 e. The number of nitrogens with zero attached hydrogens (tertiary/aromatic N) is 1. The van der Waals surface area contributed by atoms with E-state index in [0.717, 1.165) is 42.6 Å². The first-order valence-corrected chi connectivity index (χ1v) is 10.3. The zero-order valence-electron chi connectivity index (χ0n) is 16.9. The minimum atomic E-state index is 0.447. The maximum atomic E-state index is 5.75. The van der Waals surface area contributed by atoms with Gasteiger partial charge in [-0.15, -0.1) is 0 Å². The summed E-state index contributed by atoms with van der Waals surface area (Å²) in [7, 11) is 1.70. The number of rotatable bonds is 5. The van der Waals surface area contributed by atoms with Crippen LogP contribution in [0.25, 0.3) is 27.4 Å². The van der Waals surface area contributed by atoms with Crippen LogP contribution in [-0.4, -0.2) is 36.1 Å². The molecule has 3 heterocycles. The predicted molar refractivity (Wildman–Crippen MR) is 118 cm³/mol. The summed E-state index contributed by atoms with van der Waals surface area (Å²) in [6.07, 6.45) is 8.49. The van der Waals surface area contributed by atoms with Gasteiger partial charge in [-0.25, -0.2) is 0 Å². The molecular formula is C25H26N2O2. The second-order valence-corrected chi connectivity index (χ2v) is 7.90. The fourth-order valence-corrected chi connectivity index (χ4v) is 4.46. The highest BCUT2D eigenvalue weighted by Gasteiger charge is 2.21. The lowest BCUT2D eigenvalue weighted by Crippen LogP contribution is -2.37. The standard InChI is InChI=1S/C25H26N2O2/c1-17(13-19-16-29-25-8-7-20(28-2)14-22(19)25)27-11-9-18(10-12-27)23-15-26-24-6-4-3-5-21(23)24/h3-9,14-17,26H,10-13H2,1-2H3. The Hall–Kier alpha value is -2.98. The first-order valence-electron chi connectivity index (χ1n) is 10.3. The van der Waals surface area contributed by atoms with E-state index < -0.39 is 0 Å². The van der Waals surface area contributed by atoms with Gasteiger partial charge in [-0.3, -0.25) is 4.90 Å². The van der Waals surface area contributed by atoms with Crippen LogP contribution in [-0.2, 0) is 6.42 Å². The van der Waals surface area contributed by atoms with Crippen molar-refractivity contribution in [2.45, 2.75) is 25.8 Å². The Morgan fingerprint density at radius 2 is 2.07 bits per heavy atom. The quantitative estimate of drug-likeness (QED) is 0.482. The number of H-pyrrole nitrogens is 1. The minimum Gasteiger partial charge on any atom is -0.497 e. The molecule has 0 fully saturated rings. The van der Waals surface area contributed by atoms with Crippen LogP contribution in [0.2, 0.25) is 0 Å². The van der Waals surface area contributed by atoms with E-state index in [2.05, 4.69) is 59.4 Å². The molecule has 1 N–H and O–H groups in total. The van der Waals surface area contributed by atoms with E-state index in [-0.39, 0.29) is 0 Å². The van der Waals surface area contributed by atoms with Crippen LogP contribution in [0.3, 0.4) is 0 Å². The summed E-state index contributed by atoms with van der Waals surface area (Å²) in [6.45, 7) is 4.37. The van der Waals surface area contributed by atoms with E-state index in [9.17, 15) is 0 Å². The molecule has 2 aromatic carbocycles. The van der Waals surface area contributed by atoms with Gasteiger partial charge in [-0.1, -0.05) is 24.3 Å². The first kappa shape index (κ1) is 18.1. The normalized spacial score (nSPS) is 16.3. The van der Waals surface area contributed by atoms with Crippen molar-refractivity contribution in [1.29, 1.82) is 0 Å². The SMILES string of the molecule is COc1ccc2occ(CC(C)N3CC=C(c4c[nH]c5ccccc45)CC3)c2c1. The largest absolute Gasteiger partial charge is 0.497 e. The lowest BCUT2D eigenvalue weighted by atomic mass is 9.97. The Labute approximate surface area is 170 Å². The van der Waals surface area contributed by atoms with Crippen LogP contribution in [0.1, 0.15) is 24.5 Å². The van der Waals surface area contributed by atoms with Crippen molar-refractivity contribution in [3.8, 4) is 5.75 Å². The number of hydrogen-bond acceptors (Lipinski definition) is 3. The molecule has 148 valence electrons. The zero-order valence-corrected chi connectivity index (χ0v) is 16.9. The molecule has 29 heavy (non-hydrogen) atoms. The fourth-order valence-electron chi connectivity index (χ4n) is 4.46. The van der Waals surface area contributed by atoms with Crippen molar-refractivity contribution in [2.24, 2.45) is 0 Å². The molecule has 4 nitrogen and oxygen atoms in total. The number of nitrogens with one attached hydrogen (secondary N) is 1. The monoisotopic (exact) mass is 386 g/mol. The number of ether oxygens (including phenoxy) is 1. The van der Waals surface area contributed by atoms with Gasteiger partial charge in [0.15, 0.2) is 0 Å². The number of methoxy groups -OCH3 is 1. The zero-order chi connectivity index (χ0) is 19.8. The van der Waals surface area contributed by atoms with Crippen molar-refractivity contribution in [2.75, 3.05) is 20.2 Å². The summed E-state index contributed by atoms with van der Waals surface area (Å²) in [4.78, 5) is 5.95. The van der Waals surface area contributed by atoms with Gasteiger partial charge in [-0.05, 0) is 55.2 Å². The Kier molecular flexibility index (Phi) is 4.64. The van der Waals surface area contributed by atoms with Crippen LogP contribution >= 0.6 is 0 Å². The molecule has 0 spiro atoms. The number of aromatic amines is 1. The molecule has 1 aliphatic heterocycles. The molecule has 0 amide bonds. The van der Waals surface area contributed by atoms with Gasteiger partial charge >= 0.3 is 0 Å². The van der Waals surface area contributed by atoms with Crippen molar-refractivity contribution in [1.82, 2.24) is 9.88 Å². The number of aromatic nitrogens is 1. The Morgan fingerprint density at radius 3 is 2.90 bits per heavy atom. The van der Waals surface area contributed by atoms with Gasteiger partial charge in [0.1, 0.15) is 11.3 Å². The number of fused-ring (bicyclic) bond motifs is 2. The minimum absolute atomic E-state index is 0.447. The average Bonchev–Trinajstić information content (AvgIpc) is 3.38. The van der Waals surface area contributed by atoms with E-state index in [0.29, 0.717) is 6.04 Å². The van der Waals surface area contributed by atoms with Crippen molar-refractivity contribution < 1.29 is 9.15 Å². The highest BCUT2D eigenvalue weighted by molar-refractivity contribution is 5.92. The topological polar surface area (TPSA) is 41.4 Å².